The van der Waals surface area contributed by atoms with Crippen molar-refractivity contribution < 1.29 is 0 Å². The smallest absolute Gasteiger partial charge is 0.174 e. The molecule has 2 atom stereocenters. The summed E-state index contributed by atoms with van der Waals surface area (Å²) in [5.41, 5.74) is 5.46. The Balaban J connectivity index is 1.63. The van der Waals surface area contributed by atoms with E-state index in [0.717, 1.165) is 22.8 Å². The van der Waals surface area contributed by atoms with Crippen LogP contribution in [-0.4, -0.2) is 28.8 Å². The van der Waals surface area contributed by atoms with Gasteiger partial charge < -0.3 is 19.7 Å². The third kappa shape index (κ3) is 3.63. The number of hydrogen-bond donors (Lipinski definition) is 1. The van der Waals surface area contributed by atoms with Gasteiger partial charge in [0.05, 0.1) is 11.7 Å². The molecular formula is C26H25N5S. The Morgan fingerprint density at radius 3 is 2.28 bits per heavy atom. The predicted molar refractivity (Wildman–Crippen MR) is 134 cm³/mol. The van der Waals surface area contributed by atoms with Gasteiger partial charge in [0.15, 0.2) is 5.11 Å². The monoisotopic (exact) mass is 439 g/mol. The van der Waals surface area contributed by atoms with Crippen LogP contribution in [0, 0.1) is 0 Å². The molecule has 1 N–H and O–H groups in total. The Morgan fingerprint density at radius 1 is 0.844 bits per heavy atom. The van der Waals surface area contributed by atoms with Crippen molar-refractivity contribution >= 4 is 28.7 Å². The van der Waals surface area contributed by atoms with Crippen molar-refractivity contribution in [3.8, 4) is 5.69 Å². The van der Waals surface area contributed by atoms with Crippen LogP contribution in [0.3, 0.4) is 0 Å². The molecule has 0 saturated carbocycles. The molecule has 160 valence electrons. The maximum Gasteiger partial charge on any atom is 0.174 e. The molecule has 1 aliphatic rings. The van der Waals surface area contributed by atoms with E-state index in [9.17, 15) is 0 Å². The largest absolute Gasteiger partial charge is 0.378 e. The van der Waals surface area contributed by atoms with Crippen LogP contribution in [0.4, 0.5) is 11.4 Å². The predicted octanol–water partition coefficient (Wildman–Crippen LogP) is 5.12. The van der Waals surface area contributed by atoms with Gasteiger partial charge in [-0.15, -0.1) is 0 Å². The van der Waals surface area contributed by atoms with Crippen LogP contribution in [0.1, 0.15) is 23.5 Å². The highest BCUT2D eigenvalue weighted by Crippen LogP contribution is 2.42. The molecule has 0 unspecified atom stereocenters. The first-order chi connectivity index (χ1) is 15.6. The Morgan fingerprint density at radius 2 is 1.59 bits per heavy atom. The van der Waals surface area contributed by atoms with Gasteiger partial charge in [-0.3, -0.25) is 4.98 Å². The first-order valence-electron chi connectivity index (χ1n) is 10.6. The first kappa shape index (κ1) is 20.3. The number of thiocarbonyl (C=S) groups is 1. The molecule has 1 fully saturated rings. The lowest BCUT2D eigenvalue weighted by molar-refractivity contribution is 0.549. The van der Waals surface area contributed by atoms with E-state index in [1.54, 1.807) is 0 Å². The average Bonchev–Trinajstić information content (AvgIpc) is 3.44. The van der Waals surface area contributed by atoms with Gasteiger partial charge in [-0.2, -0.15) is 0 Å². The van der Waals surface area contributed by atoms with E-state index in [1.807, 2.05) is 36.5 Å². The van der Waals surface area contributed by atoms with Gasteiger partial charge in [0.1, 0.15) is 6.04 Å². The summed E-state index contributed by atoms with van der Waals surface area (Å²) >= 11 is 5.83. The number of nitrogens with zero attached hydrogens (tertiary/aromatic N) is 4. The van der Waals surface area contributed by atoms with Crippen molar-refractivity contribution in [1.82, 2.24) is 14.9 Å². The molecule has 0 aliphatic carbocycles. The van der Waals surface area contributed by atoms with Crippen molar-refractivity contribution in [1.29, 1.82) is 0 Å². The zero-order valence-corrected chi connectivity index (χ0v) is 18.9. The fourth-order valence-electron chi connectivity index (χ4n) is 4.30. The molecule has 4 aromatic rings. The van der Waals surface area contributed by atoms with E-state index in [0.29, 0.717) is 5.11 Å². The van der Waals surface area contributed by atoms with E-state index < -0.39 is 0 Å². The van der Waals surface area contributed by atoms with Crippen molar-refractivity contribution in [2.75, 3.05) is 23.9 Å². The highest BCUT2D eigenvalue weighted by atomic mass is 32.1. The molecule has 5 nitrogen and oxygen atoms in total. The first-order valence-corrected chi connectivity index (χ1v) is 11.0. The molecule has 0 spiro atoms. The molecule has 5 rings (SSSR count). The Bertz CT molecular complexity index is 1200. The number of rotatable bonds is 5. The van der Waals surface area contributed by atoms with Crippen molar-refractivity contribution in [2.24, 2.45) is 0 Å². The second-order valence-electron chi connectivity index (χ2n) is 8.05. The molecule has 0 amide bonds. The van der Waals surface area contributed by atoms with Crippen LogP contribution in [-0.2, 0) is 0 Å². The lowest BCUT2D eigenvalue weighted by Gasteiger charge is -2.29. The fraction of sp³-hybridized carbons (Fsp3) is 0.154. The summed E-state index contributed by atoms with van der Waals surface area (Å²) in [6, 6.07) is 29.1. The molecule has 1 saturated heterocycles. The molecular weight excluding hydrogens is 414 g/mol. The summed E-state index contributed by atoms with van der Waals surface area (Å²) in [6.07, 6.45) is 3.95. The lowest BCUT2D eigenvalue weighted by atomic mass is 10.0. The molecule has 3 heterocycles. The van der Waals surface area contributed by atoms with E-state index in [4.69, 9.17) is 12.2 Å². The van der Waals surface area contributed by atoms with Gasteiger partial charge >= 0.3 is 0 Å². The maximum atomic E-state index is 5.83. The number of para-hydroxylation sites is 1. The minimum absolute atomic E-state index is 0.0525. The van der Waals surface area contributed by atoms with Crippen LogP contribution >= 0.6 is 12.2 Å². The summed E-state index contributed by atoms with van der Waals surface area (Å²) in [5, 5.41) is 4.24. The highest BCUT2D eigenvalue weighted by Gasteiger charge is 2.42. The quantitative estimate of drug-likeness (QED) is 0.437. The molecule has 6 heteroatoms. The minimum Gasteiger partial charge on any atom is -0.378 e. The second-order valence-corrected chi connectivity index (χ2v) is 8.43. The van der Waals surface area contributed by atoms with Crippen LogP contribution in [0.5, 0.6) is 0 Å². The van der Waals surface area contributed by atoms with Crippen molar-refractivity contribution in [3.05, 3.63) is 109 Å². The van der Waals surface area contributed by atoms with Gasteiger partial charge in [0, 0.05) is 49.2 Å². The number of anilines is 2. The molecule has 2 aromatic heterocycles. The maximum absolute atomic E-state index is 5.83. The average molecular weight is 440 g/mol. The Labute approximate surface area is 193 Å². The number of nitrogens with one attached hydrogen (secondary N) is 1. The van der Waals surface area contributed by atoms with E-state index in [-0.39, 0.29) is 12.1 Å². The van der Waals surface area contributed by atoms with E-state index in [2.05, 4.69) is 99.6 Å². The zero-order chi connectivity index (χ0) is 22.1. The van der Waals surface area contributed by atoms with Gasteiger partial charge in [-0.05, 0) is 72.9 Å². The van der Waals surface area contributed by atoms with Crippen LogP contribution in [0.2, 0.25) is 0 Å². The standard InChI is InChI=1S/C26H25N5S/c1-29(2)19-13-15-20(16-14-19)30-18-8-12-23(30)25-24(22-11-6-7-17-27-22)28-26(32)31(25)21-9-4-3-5-10-21/h3-18,24-25H,1-2H3,(H,28,32)/t24-,25+/m0/s1. The molecule has 0 bridgehead atoms. The highest BCUT2D eigenvalue weighted by molar-refractivity contribution is 7.80. The summed E-state index contributed by atoms with van der Waals surface area (Å²) < 4.78 is 2.24. The van der Waals surface area contributed by atoms with Gasteiger partial charge in [0.2, 0.25) is 0 Å². The van der Waals surface area contributed by atoms with Crippen molar-refractivity contribution in [2.45, 2.75) is 12.1 Å². The second kappa shape index (κ2) is 8.48. The zero-order valence-electron chi connectivity index (χ0n) is 18.1. The normalized spacial score (nSPS) is 17.9. The fourth-order valence-corrected chi connectivity index (χ4v) is 4.65. The number of pyridine rings is 1. The third-order valence-corrected chi connectivity index (χ3v) is 6.17. The third-order valence-electron chi connectivity index (χ3n) is 5.86. The van der Waals surface area contributed by atoms with Gasteiger partial charge in [-0.25, -0.2) is 0 Å². The summed E-state index contributed by atoms with van der Waals surface area (Å²) in [5.74, 6) is 0. The Kier molecular flexibility index (Phi) is 5.37. The van der Waals surface area contributed by atoms with Gasteiger partial charge in [0.25, 0.3) is 0 Å². The molecule has 2 aromatic carbocycles. The molecule has 1 aliphatic heterocycles. The number of hydrogen-bond acceptors (Lipinski definition) is 3. The minimum atomic E-state index is -0.0707. The SMILES string of the molecule is CN(C)c1ccc(-n2cccc2[C@@H]2[C@H](c3ccccn3)NC(=S)N2c2ccccc2)cc1. The van der Waals surface area contributed by atoms with Crippen molar-refractivity contribution in [3.63, 3.8) is 0 Å². The van der Waals surface area contributed by atoms with E-state index in [1.165, 1.54) is 5.69 Å². The summed E-state index contributed by atoms with van der Waals surface area (Å²) in [4.78, 5) is 8.96. The molecule has 0 radical (unpaired) electrons. The number of aromatic nitrogens is 2. The van der Waals surface area contributed by atoms with Crippen LogP contribution in [0.25, 0.3) is 5.69 Å². The molecule has 32 heavy (non-hydrogen) atoms. The summed E-state index contributed by atoms with van der Waals surface area (Å²) in [6.45, 7) is 0. The lowest BCUT2D eigenvalue weighted by Crippen LogP contribution is -2.30. The summed E-state index contributed by atoms with van der Waals surface area (Å²) in [7, 11) is 4.10. The Hall–Kier alpha value is -3.64. The van der Waals surface area contributed by atoms with E-state index >= 15 is 0 Å². The number of benzene rings is 2. The van der Waals surface area contributed by atoms with Crippen LogP contribution < -0.4 is 15.1 Å². The van der Waals surface area contributed by atoms with Gasteiger partial charge in [-0.1, -0.05) is 24.3 Å². The van der Waals surface area contributed by atoms with Crippen LogP contribution in [0.15, 0.2) is 97.3 Å². The topological polar surface area (TPSA) is 36.3 Å².